The Morgan fingerprint density at radius 2 is 1.42 bits per heavy atom. The first kappa shape index (κ1) is 20.8. The van der Waals surface area contributed by atoms with Crippen LogP contribution in [0.5, 0.6) is 0 Å². The molecule has 1 aromatic heterocycles. The van der Waals surface area contributed by atoms with Crippen molar-refractivity contribution >= 4 is 29.0 Å². The molecule has 154 valence electrons. The molecule has 0 unspecified atom stereocenters. The predicted molar refractivity (Wildman–Crippen MR) is 131 cm³/mol. The Kier molecular flexibility index (Phi) is 6.44. The van der Waals surface area contributed by atoms with Crippen LogP contribution in [0.1, 0.15) is 27.8 Å². The van der Waals surface area contributed by atoms with Crippen LogP contribution >= 0.6 is 11.3 Å². The zero-order valence-corrected chi connectivity index (χ0v) is 18.6. The predicted octanol–water partition coefficient (Wildman–Crippen LogP) is 7.27. The van der Waals surface area contributed by atoms with Crippen molar-refractivity contribution in [1.29, 1.82) is 0 Å². The zero-order valence-electron chi connectivity index (χ0n) is 17.8. The van der Waals surface area contributed by atoms with Gasteiger partial charge in [0.1, 0.15) is 0 Å². The molecule has 2 nitrogen and oxygen atoms in total. The number of hydrogen-bond donors (Lipinski definition) is 0. The molecule has 0 radical (unpaired) electrons. The van der Waals surface area contributed by atoms with E-state index in [9.17, 15) is 4.79 Å². The summed E-state index contributed by atoms with van der Waals surface area (Å²) in [5, 5.41) is 0. The van der Waals surface area contributed by atoms with Gasteiger partial charge in [-0.05, 0) is 47.4 Å². The summed E-state index contributed by atoms with van der Waals surface area (Å²) in [4.78, 5) is 17.0. The van der Waals surface area contributed by atoms with E-state index in [4.69, 9.17) is 0 Å². The van der Waals surface area contributed by atoms with Crippen molar-refractivity contribution in [2.45, 2.75) is 20.4 Å². The van der Waals surface area contributed by atoms with Gasteiger partial charge in [-0.25, -0.2) is 0 Å². The molecule has 0 N–H and O–H groups in total. The highest BCUT2D eigenvalue weighted by molar-refractivity contribution is 7.12. The van der Waals surface area contributed by atoms with Crippen LogP contribution in [0.3, 0.4) is 0 Å². The van der Waals surface area contributed by atoms with Gasteiger partial charge >= 0.3 is 0 Å². The van der Waals surface area contributed by atoms with Gasteiger partial charge in [-0.2, -0.15) is 0 Å². The van der Waals surface area contributed by atoms with Gasteiger partial charge in [-0.15, -0.1) is 11.3 Å². The highest BCUT2D eigenvalue weighted by atomic mass is 32.1. The maximum Gasteiger partial charge on any atom is 0.224 e. The van der Waals surface area contributed by atoms with Crippen LogP contribution < -0.4 is 0 Å². The van der Waals surface area contributed by atoms with E-state index in [1.165, 1.54) is 10.4 Å². The van der Waals surface area contributed by atoms with Crippen molar-refractivity contribution in [1.82, 2.24) is 4.90 Å². The number of carbonyl (C=O) groups excluding carboxylic acids is 1. The average molecular weight is 424 g/mol. The number of thiophene rings is 1. The molecule has 3 heteroatoms. The number of benzene rings is 3. The lowest BCUT2D eigenvalue weighted by Gasteiger charge is -2.25. The minimum Gasteiger partial charge on any atom is -0.308 e. The molecule has 3 aromatic carbocycles. The molecule has 0 saturated carbocycles. The van der Waals surface area contributed by atoms with Gasteiger partial charge in [0.2, 0.25) is 5.91 Å². The van der Waals surface area contributed by atoms with Crippen molar-refractivity contribution in [2.24, 2.45) is 0 Å². The second-order valence-corrected chi connectivity index (χ2v) is 8.83. The van der Waals surface area contributed by atoms with E-state index >= 15 is 0 Å². The maximum absolute atomic E-state index is 12.7. The molecular weight excluding hydrogens is 398 g/mol. The summed E-state index contributed by atoms with van der Waals surface area (Å²) in [7, 11) is 0. The molecule has 0 atom stereocenters. The molecule has 31 heavy (non-hydrogen) atoms. The molecule has 1 heterocycles. The lowest BCUT2D eigenvalue weighted by Crippen LogP contribution is -2.26. The minimum atomic E-state index is 0.0236. The standard InChI is InChI=1S/C28H25NOS/c1-21-13-18-27(31-21)19-28(29(22(2)30)20-23-9-5-3-6-10-23)26-16-14-25(15-17-26)24-11-7-4-8-12-24/h3-19H,20H2,1-2H3/b28-19-. The summed E-state index contributed by atoms with van der Waals surface area (Å²) < 4.78 is 0. The van der Waals surface area contributed by atoms with Gasteiger partial charge in [-0.1, -0.05) is 84.9 Å². The van der Waals surface area contributed by atoms with E-state index in [0.29, 0.717) is 6.54 Å². The number of rotatable bonds is 6. The first-order chi connectivity index (χ1) is 15.1. The normalized spacial score (nSPS) is 11.4. The third-order valence-corrected chi connectivity index (χ3v) is 6.13. The fourth-order valence-corrected chi connectivity index (χ4v) is 4.39. The Morgan fingerprint density at radius 1 is 0.806 bits per heavy atom. The summed E-state index contributed by atoms with van der Waals surface area (Å²) in [6.45, 7) is 4.27. The molecular formula is C28H25NOS. The second-order valence-electron chi connectivity index (χ2n) is 7.51. The van der Waals surface area contributed by atoms with Gasteiger partial charge < -0.3 is 4.90 Å². The smallest absolute Gasteiger partial charge is 0.224 e. The van der Waals surface area contributed by atoms with Crippen LogP contribution in [0.4, 0.5) is 0 Å². The second kappa shape index (κ2) is 9.59. The Balaban J connectivity index is 1.75. The third kappa shape index (κ3) is 5.19. The lowest BCUT2D eigenvalue weighted by molar-refractivity contribution is -0.126. The lowest BCUT2D eigenvalue weighted by atomic mass is 10.0. The molecule has 0 aliphatic carbocycles. The molecule has 0 fully saturated rings. The Morgan fingerprint density at radius 3 is 2.00 bits per heavy atom. The topological polar surface area (TPSA) is 20.3 Å². The maximum atomic E-state index is 12.7. The Bertz CT molecular complexity index is 1170. The van der Waals surface area contributed by atoms with E-state index in [-0.39, 0.29) is 5.91 Å². The number of nitrogens with zero attached hydrogens (tertiary/aromatic N) is 1. The monoisotopic (exact) mass is 423 g/mol. The van der Waals surface area contributed by atoms with Crippen molar-refractivity contribution in [3.63, 3.8) is 0 Å². The van der Waals surface area contributed by atoms with E-state index in [1.54, 1.807) is 18.3 Å². The molecule has 4 rings (SSSR count). The van der Waals surface area contributed by atoms with Crippen LogP contribution in [-0.4, -0.2) is 10.8 Å². The number of hydrogen-bond acceptors (Lipinski definition) is 2. The van der Waals surface area contributed by atoms with E-state index in [0.717, 1.165) is 27.3 Å². The fourth-order valence-electron chi connectivity index (χ4n) is 3.58. The fraction of sp³-hybridized carbons (Fsp3) is 0.107. The Hall–Kier alpha value is -3.43. The molecule has 0 aliphatic rings. The van der Waals surface area contributed by atoms with Crippen LogP contribution in [0.2, 0.25) is 0 Å². The van der Waals surface area contributed by atoms with Crippen molar-refractivity contribution in [3.8, 4) is 11.1 Å². The molecule has 1 amide bonds. The SMILES string of the molecule is CC(=O)N(Cc1ccccc1)/C(=C\c1ccc(C)s1)c1ccc(-c2ccccc2)cc1. The van der Waals surface area contributed by atoms with E-state index in [1.807, 2.05) is 41.3 Å². The van der Waals surface area contributed by atoms with Crippen LogP contribution in [0, 0.1) is 6.92 Å². The molecule has 0 saturated heterocycles. The Labute approximate surface area is 188 Å². The molecule has 0 aliphatic heterocycles. The molecule has 4 aromatic rings. The van der Waals surface area contributed by atoms with Crippen LogP contribution in [-0.2, 0) is 11.3 Å². The van der Waals surface area contributed by atoms with Gasteiger partial charge in [-0.3, -0.25) is 4.79 Å². The number of aryl methyl sites for hydroxylation is 1. The van der Waals surface area contributed by atoms with Crippen molar-refractivity contribution < 1.29 is 4.79 Å². The highest BCUT2D eigenvalue weighted by Crippen LogP contribution is 2.29. The van der Waals surface area contributed by atoms with Crippen molar-refractivity contribution in [3.05, 3.63) is 118 Å². The quantitative estimate of drug-likeness (QED) is 0.319. The molecule has 0 bridgehead atoms. The summed E-state index contributed by atoms with van der Waals surface area (Å²) >= 11 is 1.73. The summed E-state index contributed by atoms with van der Waals surface area (Å²) in [5.41, 5.74) is 5.39. The number of amides is 1. The summed E-state index contributed by atoms with van der Waals surface area (Å²) in [6, 6.07) is 33.1. The van der Waals surface area contributed by atoms with Gasteiger partial charge in [0, 0.05) is 16.7 Å². The van der Waals surface area contributed by atoms with E-state index < -0.39 is 0 Å². The molecule has 0 spiro atoms. The first-order valence-corrected chi connectivity index (χ1v) is 11.2. The van der Waals surface area contributed by atoms with Gasteiger partial charge in [0.05, 0.1) is 12.2 Å². The minimum absolute atomic E-state index is 0.0236. The van der Waals surface area contributed by atoms with E-state index in [2.05, 4.69) is 73.7 Å². The van der Waals surface area contributed by atoms with Crippen LogP contribution in [0.15, 0.2) is 97.1 Å². The highest BCUT2D eigenvalue weighted by Gasteiger charge is 2.17. The zero-order chi connectivity index (χ0) is 21.6. The first-order valence-electron chi connectivity index (χ1n) is 10.4. The summed E-state index contributed by atoms with van der Waals surface area (Å²) in [6.07, 6.45) is 2.12. The largest absolute Gasteiger partial charge is 0.308 e. The van der Waals surface area contributed by atoms with Crippen molar-refractivity contribution in [2.75, 3.05) is 0 Å². The van der Waals surface area contributed by atoms with Crippen LogP contribution in [0.25, 0.3) is 22.9 Å². The average Bonchev–Trinajstić information content (AvgIpc) is 3.22. The van der Waals surface area contributed by atoms with Gasteiger partial charge in [0.25, 0.3) is 0 Å². The number of carbonyl (C=O) groups is 1. The third-order valence-electron chi connectivity index (χ3n) is 5.18. The summed E-state index contributed by atoms with van der Waals surface area (Å²) in [5.74, 6) is 0.0236. The van der Waals surface area contributed by atoms with Gasteiger partial charge in [0.15, 0.2) is 0 Å².